The minimum Gasteiger partial charge on any atom is -0.494 e. The van der Waals surface area contributed by atoms with Gasteiger partial charge in [-0.05, 0) is 26.8 Å². The molecule has 1 aliphatic rings. The van der Waals surface area contributed by atoms with Gasteiger partial charge in [-0.15, -0.1) is 0 Å². The van der Waals surface area contributed by atoms with Crippen molar-refractivity contribution in [1.29, 1.82) is 5.26 Å². The molecular weight excluding hydrogens is 442 g/mol. The smallest absolute Gasteiger partial charge is 0.252 e. The highest BCUT2D eigenvalue weighted by atomic mass is 19.1. The van der Waals surface area contributed by atoms with E-state index in [2.05, 4.69) is 21.0 Å². The molecule has 4 rings (SSSR count). The second kappa shape index (κ2) is 9.06. The number of fused-ring (bicyclic) bond motifs is 1. The van der Waals surface area contributed by atoms with Crippen molar-refractivity contribution in [2.75, 3.05) is 25.1 Å². The van der Waals surface area contributed by atoms with E-state index in [1.54, 1.807) is 19.3 Å². The first-order chi connectivity index (χ1) is 16.2. The van der Waals surface area contributed by atoms with E-state index < -0.39 is 11.6 Å². The van der Waals surface area contributed by atoms with Crippen molar-refractivity contribution in [3.63, 3.8) is 0 Å². The largest absolute Gasteiger partial charge is 0.494 e. The Labute approximate surface area is 196 Å². The van der Waals surface area contributed by atoms with Gasteiger partial charge in [-0.1, -0.05) is 0 Å². The third kappa shape index (κ3) is 4.01. The average molecular weight is 471 g/mol. The van der Waals surface area contributed by atoms with Crippen LogP contribution < -0.4 is 15.2 Å². The molecule has 3 atom stereocenters. The fourth-order valence-electron chi connectivity index (χ4n) is 4.84. The number of hydrogen-bond acceptors (Lipinski definition) is 6. The summed E-state index contributed by atoms with van der Waals surface area (Å²) < 4.78 is 37.0. The normalized spacial score (nSPS) is 19.9. The van der Waals surface area contributed by atoms with Crippen LogP contribution in [-0.4, -0.2) is 51.5 Å². The molecule has 1 aromatic carbocycles. The standard InChI is InChI=1S/C24H28F2N6O2/c1-14-12-32(20-10-23(33)29(4)21-13-30(7-6-27)28-24(20)21)15(2)11-31(14)16(3)17-8-19(26)22(34-5)9-18(17)25/h8-10,13-16H,7,11-12H2,1-5H3/t14-,15+,16?/m1/s1. The van der Waals surface area contributed by atoms with Gasteiger partial charge in [0.05, 0.1) is 30.6 Å². The summed E-state index contributed by atoms with van der Waals surface area (Å²) in [6, 6.07) is 5.53. The van der Waals surface area contributed by atoms with Gasteiger partial charge in [0.15, 0.2) is 11.6 Å². The zero-order chi connectivity index (χ0) is 24.7. The number of halogens is 2. The maximum atomic E-state index is 14.8. The van der Waals surface area contributed by atoms with Crippen LogP contribution in [0.5, 0.6) is 5.75 Å². The molecule has 0 bridgehead atoms. The number of pyridine rings is 1. The Hall–Kier alpha value is -3.45. The number of piperazine rings is 1. The van der Waals surface area contributed by atoms with Crippen molar-refractivity contribution in [1.82, 2.24) is 19.2 Å². The van der Waals surface area contributed by atoms with E-state index in [0.29, 0.717) is 29.8 Å². The van der Waals surface area contributed by atoms with Crippen molar-refractivity contribution in [2.45, 2.75) is 45.4 Å². The van der Waals surface area contributed by atoms with E-state index in [4.69, 9.17) is 10.00 Å². The summed E-state index contributed by atoms with van der Waals surface area (Å²) in [5, 5.41) is 13.6. The van der Waals surface area contributed by atoms with Crippen LogP contribution in [0.1, 0.15) is 32.4 Å². The summed E-state index contributed by atoms with van der Waals surface area (Å²) >= 11 is 0. The van der Waals surface area contributed by atoms with Gasteiger partial charge >= 0.3 is 0 Å². The van der Waals surface area contributed by atoms with E-state index in [-0.39, 0.29) is 41.5 Å². The second-order valence-corrected chi connectivity index (χ2v) is 8.88. The summed E-state index contributed by atoms with van der Waals surface area (Å²) in [7, 11) is 2.99. The molecule has 1 aliphatic heterocycles. The van der Waals surface area contributed by atoms with Crippen molar-refractivity contribution in [3.8, 4) is 11.8 Å². The van der Waals surface area contributed by atoms with Gasteiger partial charge in [-0.3, -0.25) is 14.4 Å². The Balaban J connectivity index is 1.66. The Morgan fingerprint density at radius 2 is 1.94 bits per heavy atom. The molecule has 0 radical (unpaired) electrons. The summed E-state index contributed by atoms with van der Waals surface area (Å²) in [6.45, 7) is 7.16. The zero-order valence-corrected chi connectivity index (χ0v) is 19.9. The molecule has 0 amide bonds. The lowest BCUT2D eigenvalue weighted by molar-refractivity contribution is 0.117. The quantitative estimate of drug-likeness (QED) is 0.570. The van der Waals surface area contributed by atoms with E-state index in [1.807, 2.05) is 20.8 Å². The van der Waals surface area contributed by atoms with Crippen molar-refractivity contribution in [3.05, 3.63) is 51.9 Å². The van der Waals surface area contributed by atoms with Crippen LogP contribution in [0.25, 0.3) is 11.0 Å². The van der Waals surface area contributed by atoms with Gasteiger partial charge in [0.25, 0.3) is 5.56 Å². The number of ether oxygens (including phenoxy) is 1. The highest BCUT2D eigenvalue weighted by Gasteiger charge is 2.35. The number of anilines is 1. The van der Waals surface area contributed by atoms with Crippen LogP contribution in [0, 0.1) is 23.0 Å². The van der Waals surface area contributed by atoms with Gasteiger partial charge in [-0.25, -0.2) is 8.78 Å². The minimum atomic E-state index is -0.597. The summed E-state index contributed by atoms with van der Waals surface area (Å²) in [6.07, 6.45) is 1.71. The molecule has 0 saturated carbocycles. The predicted molar refractivity (Wildman–Crippen MR) is 125 cm³/mol. The SMILES string of the molecule is COc1cc(F)c(C(C)N2C[C@H](C)N(c3cc(=O)n(C)c4cn(CC#N)nc34)C[C@H]2C)cc1F. The molecule has 0 N–H and O–H groups in total. The Bertz CT molecular complexity index is 1330. The van der Waals surface area contributed by atoms with Gasteiger partial charge < -0.3 is 14.2 Å². The van der Waals surface area contributed by atoms with E-state index in [1.165, 1.54) is 22.4 Å². The molecule has 1 unspecified atom stereocenters. The molecular formula is C24H28F2N6O2. The van der Waals surface area contributed by atoms with E-state index >= 15 is 0 Å². The van der Waals surface area contributed by atoms with Crippen molar-refractivity contribution in [2.24, 2.45) is 7.05 Å². The Morgan fingerprint density at radius 3 is 2.62 bits per heavy atom. The molecule has 180 valence electrons. The van der Waals surface area contributed by atoms with Crippen molar-refractivity contribution >= 4 is 16.7 Å². The number of rotatable bonds is 5. The highest BCUT2D eigenvalue weighted by molar-refractivity contribution is 5.88. The molecule has 0 spiro atoms. The van der Waals surface area contributed by atoms with Crippen LogP contribution in [0.2, 0.25) is 0 Å². The van der Waals surface area contributed by atoms with Gasteiger partial charge in [0.1, 0.15) is 17.9 Å². The molecule has 1 saturated heterocycles. The van der Waals surface area contributed by atoms with E-state index in [0.717, 1.165) is 6.07 Å². The minimum absolute atomic E-state index is 0.0175. The molecule has 2 aromatic heterocycles. The lowest BCUT2D eigenvalue weighted by Crippen LogP contribution is -2.57. The molecule has 1 fully saturated rings. The van der Waals surface area contributed by atoms with Gasteiger partial charge in [0, 0.05) is 56.0 Å². The van der Waals surface area contributed by atoms with Crippen LogP contribution in [0.4, 0.5) is 14.5 Å². The third-order valence-corrected chi connectivity index (χ3v) is 6.73. The monoisotopic (exact) mass is 470 g/mol. The lowest BCUT2D eigenvalue weighted by atomic mass is 9.99. The van der Waals surface area contributed by atoms with Crippen LogP contribution in [0.3, 0.4) is 0 Å². The molecule has 3 aromatic rings. The number of benzene rings is 1. The summed E-state index contributed by atoms with van der Waals surface area (Å²) in [4.78, 5) is 16.9. The first kappa shape index (κ1) is 23.7. The molecule has 10 heteroatoms. The van der Waals surface area contributed by atoms with Crippen LogP contribution in [0.15, 0.2) is 29.2 Å². The number of aromatic nitrogens is 3. The predicted octanol–water partition coefficient (Wildman–Crippen LogP) is 3.21. The number of hydrogen-bond donors (Lipinski definition) is 0. The first-order valence-electron chi connectivity index (χ1n) is 11.2. The van der Waals surface area contributed by atoms with Gasteiger partial charge in [0.2, 0.25) is 0 Å². The Morgan fingerprint density at radius 1 is 1.21 bits per heavy atom. The third-order valence-electron chi connectivity index (χ3n) is 6.73. The Kier molecular flexibility index (Phi) is 6.32. The molecule has 34 heavy (non-hydrogen) atoms. The number of nitrogens with zero attached hydrogens (tertiary/aromatic N) is 6. The lowest BCUT2D eigenvalue weighted by Gasteiger charge is -2.47. The van der Waals surface area contributed by atoms with Crippen LogP contribution >= 0.6 is 0 Å². The second-order valence-electron chi connectivity index (χ2n) is 8.88. The van der Waals surface area contributed by atoms with Crippen molar-refractivity contribution < 1.29 is 13.5 Å². The average Bonchev–Trinajstić information content (AvgIpc) is 3.23. The molecule has 8 nitrogen and oxygen atoms in total. The maximum Gasteiger partial charge on any atom is 0.252 e. The first-order valence-corrected chi connectivity index (χ1v) is 11.2. The number of nitriles is 1. The molecule has 0 aliphatic carbocycles. The number of aryl methyl sites for hydroxylation is 1. The fourth-order valence-corrected chi connectivity index (χ4v) is 4.84. The van der Waals surface area contributed by atoms with Gasteiger partial charge in [-0.2, -0.15) is 10.4 Å². The highest BCUT2D eigenvalue weighted by Crippen LogP contribution is 2.34. The zero-order valence-electron chi connectivity index (χ0n) is 19.9. The summed E-state index contributed by atoms with van der Waals surface area (Å²) in [5.74, 6) is -1.23. The summed E-state index contributed by atoms with van der Waals surface area (Å²) in [5.41, 5.74) is 2.14. The maximum absolute atomic E-state index is 14.8. The van der Waals surface area contributed by atoms with Crippen LogP contribution in [-0.2, 0) is 13.6 Å². The number of methoxy groups -OCH3 is 1. The topological polar surface area (TPSA) is 79.3 Å². The molecule has 3 heterocycles. The fraction of sp³-hybridized carbons (Fsp3) is 0.458. The van der Waals surface area contributed by atoms with E-state index in [9.17, 15) is 13.6 Å².